The fourth-order valence-electron chi connectivity index (χ4n) is 3.40. The lowest BCUT2D eigenvalue weighted by Gasteiger charge is -2.38. The third-order valence-corrected chi connectivity index (χ3v) is 6.72. The van der Waals surface area contributed by atoms with Crippen LogP contribution >= 0.6 is 24.4 Å². The van der Waals surface area contributed by atoms with Gasteiger partial charge in [0.15, 0.2) is 0 Å². The minimum atomic E-state index is -1.09. The van der Waals surface area contributed by atoms with Gasteiger partial charge >= 0.3 is 5.97 Å². The molecule has 2 aromatic rings. The number of thioether (sulfide) groups is 1. The van der Waals surface area contributed by atoms with Crippen LogP contribution in [0.25, 0.3) is 0 Å². The Balaban J connectivity index is 1.71. The molecule has 1 fully saturated rings. The fourth-order valence-corrected chi connectivity index (χ4v) is 5.00. The average molecular weight is 445 g/mol. The number of carbonyl (C=O) groups is 3. The van der Waals surface area contributed by atoms with E-state index in [0.29, 0.717) is 17.9 Å². The molecule has 1 aliphatic rings. The molecule has 0 bridgehead atoms. The Morgan fingerprint density at radius 1 is 1.13 bits per heavy atom. The van der Waals surface area contributed by atoms with Gasteiger partial charge in [-0.1, -0.05) is 60.7 Å². The van der Waals surface area contributed by atoms with Crippen LogP contribution in [0.4, 0.5) is 0 Å². The predicted octanol–water partition coefficient (Wildman–Crippen LogP) is 2.62. The van der Waals surface area contributed by atoms with Crippen molar-refractivity contribution in [2.75, 3.05) is 18.1 Å². The average Bonchev–Trinajstić information content (AvgIpc) is 2.76. The van der Waals surface area contributed by atoms with Crippen LogP contribution in [0.1, 0.15) is 16.5 Å². The van der Waals surface area contributed by atoms with Gasteiger partial charge < -0.3 is 15.3 Å². The van der Waals surface area contributed by atoms with E-state index in [-0.39, 0.29) is 17.7 Å². The lowest BCUT2D eigenvalue weighted by atomic mass is 10.00. The SMILES string of the molecule is O=C(O)CN1C(=O)[C@H](NC(=O)C(CS)Cc2ccccc2)CS[C@@H]1c1ccccc1. The van der Waals surface area contributed by atoms with E-state index in [1.54, 1.807) is 0 Å². The monoisotopic (exact) mass is 444 g/mol. The molecular weight excluding hydrogens is 420 g/mol. The summed E-state index contributed by atoms with van der Waals surface area (Å²) >= 11 is 5.76. The van der Waals surface area contributed by atoms with Crippen molar-refractivity contribution in [2.45, 2.75) is 17.8 Å². The Hall–Kier alpha value is -2.45. The number of carboxylic acid groups (broad SMARTS) is 1. The van der Waals surface area contributed by atoms with E-state index in [2.05, 4.69) is 17.9 Å². The summed E-state index contributed by atoms with van der Waals surface area (Å²) in [6, 6.07) is 18.2. The van der Waals surface area contributed by atoms with Gasteiger partial charge in [-0.2, -0.15) is 12.6 Å². The van der Waals surface area contributed by atoms with Gasteiger partial charge in [-0.05, 0) is 17.5 Å². The number of carboxylic acids is 1. The normalized spacial score (nSPS) is 19.9. The summed E-state index contributed by atoms with van der Waals surface area (Å²) in [6.45, 7) is -0.419. The van der Waals surface area contributed by atoms with Crippen molar-refractivity contribution in [3.8, 4) is 0 Å². The van der Waals surface area contributed by atoms with Gasteiger partial charge in [-0.3, -0.25) is 14.4 Å². The van der Waals surface area contributed by atoms with E-state index >= 15 is 0 Å². The number of aliphatic carboxylic acids is 1. The maximum absolute atomic E-state index is 13.1. The van der Waals surface area contributed by atoms with Crippen LogP contribution in [0.2, 0.25) is 0 Å². The topological polar surface area (TPSA) is 86.7 Å². The summed E-state index contributed by atoms with van der Waals surface area (Å²) in [7, 11) is 0. The third kappa shape index (κ3) is 5.58. The maximum atomic E-state index is 13.1. The van der Waals surface area contributed by atoms with Crippen molar-refractivity contribution in [1.29, 1.82) is 0 Å². The number of benzene rings is 2. The standard InChI is InChI=1S/C22H24N2O4S2/c25-19(26)12-24-21(28)18(14-30-22(24)16-9-5-2-6-10-16)23-20(27)17(13-29)11-15-7-3-1-4-8-15/h1-10,17-18,22,29H,11-14H2,(H,23,27)(H,25,26)/t17?,18-,22-/m1/s1. The zero-order valence-corrected chi connectivity index (χ0v) is 18.0. The van der Waals surface area contributed by atoms with Gasteiger partial charge in [0.2, 0.25) is 11.8 Å². The quantitative estimate of drug-likeness (QED) is 0.545. The smallest absolute Gasteiger partial charge is 0.323 e. The second-order valence-electron chi connectivity index (χ2n) is 7.09. The van der Waals surface area contributed by atoms with E-state index in [1.807, 2.05) is 60.7 Å². The van der Waals surface area contributed by atoms with E-state index < -0.39 is 23.9 Å². The lowest BCUT2D eigenvalue weighted by Crippen LogP contribution is -2.56. The minimum Gasteiger partial charge on any atom is -0.480 e. The molecule has 1 saturated heterocycles. The fraction of sp³-hybridized carbons (Fsp3) is 0.318. The third-order valence-electron chi connectivity index (χ3n) is 4.91. The van der Waals surface area contributed by atoms with Crippen LogP contribution in [0.5, 0.6) is 0 Å². The first-order chi connectivity index (χ1) is 14.5. The lowest BCUT2D eigenvalue weighted by molar-refractivity contribution is -0.146. The van der Waals surface area contributed by atoms with Crippen LogP contribution < -0.4 is 5.32 Å². The van der Waals surface area contributed by atoms with E-state index in [4.69, 9.17) is 0 Å². The van der Waals surface area contributed by atoms with E-state index in [1.165, 1.54) is 16.7 Å². The molecule has 2 aromatic carbocycles. The molecule has 0 aromatic heterocycles. The molecule has 1 heterocycles. The number of thiol groups is 1. The largest absolute Gasteiger partial charge is 0.480 e. The van der Waals surface area contributed by atoms with Crippen molar-refractivity contribution < 1.29 is 19.5 Å². The van der Waals surface area contributed by atoms with Gasteiger partial charge in [-0.25, -0.2) is 0 Å². The highest BCUT2D eigenvalue weighted by Gasteiger charge is 2.39. The summed E-state index contributed by atoms with van der Waals surface area (Å²) in [6.07, 6.45) is 0.524. The zero-order chi connectivity index (χ0) is 21.5. The second-order valence-corrected chi connectivity index (χ2v) is 8.56. The molecule has 6 nitrogen and oxygen atoms in total. The van der Waals surface area contributed by atoms with E-state index in [0.717, 1.165) is 11.1 Å². The van der Waals surface area contributed by atoms with E-state index in [9.17, 15) is 19.5 Å². The molecule has 0 saturated carbocycles. The van der Waals surface area contributed by atoms with Crippen LogP contribution in [0.3, 0.4) is 0 Å². The number of rotatable bonds is 8. The number of nitrogens with zero attached hydrogens (tertiary/aromatic N) is 1. The van der Waals surface area contributed by atoms with Crippen molar-refractivity contribution in [2.24, 2.45) is 5.92 Å². The molecule has 2 N–H and O–H groups in total. The van der Waals surface area contributed by atoms with Crippen molar-refractivity contribution in [3.05, 3.63) is 71.8 Å². The first-order valence-corrected chi connectivity index (χ1v) is 11.3. The van der Waals surface area contributed by atoms with Crippen LogP contribution in [-0.4, -0.2) is 51.9 Å². The minimum absolute atomic E-state index is 0.249. The Morgan fingerprint density at radius 2 is 1.77 bits per heavy atom. The molecule has 0 radical (unpaired) electrons. The Kier molecular flexibility index (Phi) is 7.81. The molecule has 0 spiro atoms. The number of nitrogens with one attached hydrogen (secondary N) is 1. The van der Waals surface area contributed by atoms with Crippen molar-refractivity contribution in [1.82, 2.24) is 10.2 Å². The Labute approximate surface area is 185 Å². The number of amides is 2. The summed E-state index contributed by atoms with van der Waals surface area (Å²) < 4.78 is 0. The van der Waals surface area contributed by atoms with Crippen molar-refractivity contribution in [3.63, 3.8) is 0 Å². The van der Waals surface area contributed by atoms with Gasteiger partial charge in [0.05, 0.1) is 5.92 Å². The first kappa shape index (κ1) is 22.2. The number of carbonyl (C=O) groups excluding carboxylic acids is 2. The molecule has 2 amide bonds. The van der Waals surface area contributed by atoms with Gasteiger partial charge in [-0.15, -0.1) is 11.8 Å². The van der Waals surface area contributed by atoms with Gasteiger partial charge in [0.25, 0.3) is 0 Å². The van der Waals surface area contributed by atoms with Crippen LogP contribution in [-0.2, 0) is 20.8 Å². The van der Waals surface area contributed by atoms with Crippen molar-refractivity contribution >= 4 is 42.2 Å². The predicted molar refractivity (Wildman–Crippen MR) is 120 cm³/mol. The van der Waals surface area contributed by atoms with Crippen LogP contribution in [0, 0.1) is 5.92 Å². The molecule has 1 unspecified atom stereocenters. The molecule has 30 heavy (non-hydrogen) atoms. The summed E-state index contributed by atoms with van der Waals surface area (Å²) in [5.41, 5.74) is 1.88. The highest BCUT2D eigenvalue weighted by Crippen LogP contribution is 2.37. The van der Waals surface area contributed by atoms with Crippen LogP contribution in [0.15, 0.2) is 60.7 Å². The second kappa shape index (κ2) is 10.5. The molecule has 0 aliphatic carbocycles. The van der Waals surface area contributed by atoms with Gasteiger partial charge in [0, 0.05) is 11.5 Å². The highest BCUT2D eigenvalue weighted by atomic mass is 32.2. The molecule has 3 atom stereocenters. The molecular formula is C22H24N2O4S2. The number of hydrogen-bond acceptors (Lipinski definition) is 5. The summed E-state index contributed by atoms with van der Waals surface area (Å²) in [5, 5.41) is 11.7. The maximum Gasteiger partial charge on any atom is 0.323 e. The Bertz CT molecular complexity index is 879. The Morgan fingerprint density at radius 3 is 2.37 bits per heavy atom. The number of hydrogen-bond donors (Lipinski definition) is 3. The highest BCUT2D eigenvalue weighted by molar-refractivity contribution is 7.99. The summed E-state index contributed by atoms with van der Waals surface area (Å²) in [5.74, 6) is -1.37. The zero-order valence-electron chi connectivity index (χ0n) is 16.3. The molecule has 1 aliphatic heterocycles. The molecule has 158 valence electrons. The van der Waals surface area contributed by atoms with Gasteiger partial charge in [0.1, 0.15) is 18.0 Å². The summed E-state index contributed by atoms with van der Waals surface area (Å²) in [4.78, 5) is 38.6. The molecule has 3 rings (SSSR count). The molecule has 8 heteroatoms. The first-order valence-electron chi connectivity index (χ1n) is 9.63.